The zero-order valence-corrected chi connectivity index (χ0v) is 20.8. The van der Waals surface area contributed by atoms with E-state index in [1.165, 1.54) is 22.8 Å². The van der Waals surface area contributed by atoms with E-state index >= 15 is 0 Å². The molecule has 0 radical (unpaired) electrons. The molecule has 11 heteroatoms. The fourth-order valence-electron chi connectivity index (χ4n) is 2.91. The van der Waals surface area contributed by atoms with Crippen LogP contribution in [0.5, 0.6) is 0 Å². The van der Waals surface area contributed by atoms with Gasteiger partial charge in [-0.3, -0.25) is 5.21 Å². The molecule has 2 N–H and O–H groups in total. The van der Waals surface area contributed by atoms with Crippen molar-refractivity contribution in [3.05, 3.63) is 58.1 Å². The van der Waals surface area contributed by atoms with Gasteiger partial charge in [-0.15, -0.1) is 11.8 Å². The van der Waals surface area contributed by atoms with E-state index in [9.17, 15) is 10.0 Å². The summed E-state index contributed by atoms with van der Waals surface area (Å²) in [5.74, 6) is 0. The Labute approximate surface area is 204 Å². The number of hydrazone groups is 1. The van der Waals surface area contributed by atoms with E-state index in [1.54, 1.807) is 30.1 Å². The molecular formula is C20H20Cl2N4O2S3. The molecule has 3 rings (SSSR count). The van der Waals surface area contributed by atoms with Crippen molar-refractivity contribution in [1.82, 2.24) is 10.1 Å². The summed E-state index contributed by atoms with van der Waals surface area (Å²) in [6.07, 6.45) is 2.83. The van der Waals surface area contributed by atoms with Crippen LogP contribution in [0.4, 0.5) is 10.5 Å². The molecular weight excluding hydrogens is 495 g/mol. The Morgan fingerprint density at radius 2 is 1.97 bits per heavy atom. The van der Waals surface area contributed by atoms with Gasteiger partial charge in [0.1, 0.15) is 0 Å². The van der Waals surface area contributed by atoms with Gasteiger partial charge in [0, 0.05) is 10.6 Å². The minimum atomic E-state index is -0.825. The van der Waals surface area contributed by atoms with Crippen LogP contribution < -0.4 is 5.32 Å². The van der Waals surface area contributed by atoms with Crippen LogP contribution in [0.2, 0.25) is 10.0 Å². The molecule has 1 aliphatic rings. The van der Waals surface area contributed by atoms with Gasteiger partial charge >= 0.3 is 6.03 Å². The number of nitrogens with zero attached hydrogens (tertiary/aromatic N) is 3. The molecule has 1 fully saturated rings. The molecule has 0 spiro atoms. The number of halogens is 2. The van der Waals surface area contributed by atoms with Crippen molar-refractivity contribution in [1.29, 1.82) is 0 Å². The van der Waals surface area contributed by atoms with Crippen LogP contribution >= 0.6 is 58.9 Å². The van der Waals surface area contributed by atoms with E-state index in [-0.39, 0.29) is 0 Å². The van der Waals surface area contributed by atoms with Crippen molar-refractivity contribution in [3.63, 3.8) is 0 Å². The summed E-state index contributed by atoms with van der Waals surface area (Å²) in [6.45, 7) is 3.76. The first-order chi connectivity index (χ1) is 14.6. The molecule has 6 nitrogen and oxygen atoms in total. The Balaban J connectivity index is 1.80. The lowest BCUT2D eigenvalue weighted by Crippen LogP contribution is -2.54. The molecule has 0 aliphatic carbocycles. The molecule has 1 aliphatic heterocycles. The van der Waals surface area contributed by atoms with Crippen LogP contribution in [0.1, 0.15) is 19.4 Å². The Morgan fingerprint density at radius 3 is 2.58 bits per heavy atom. The molecule has 1 heterocycles. The predicted octanol–water partition coefficient (Wildman–Crippen LogP) is 6.41. The van der Waals surface area contributed by atoms with E-state index in [0.717, 1.165) is 10.5 Å². The monoisotopic (exact) mass is 514 g/mol. The number of rotatable bonds is 5. The lowest BCUT2D eigenvalue weighted by Gasteiger charge is -2.34. The molecule has 31 heavy (non-hydrogen) atoms. The first-order valence-corrected chi connectivity index (χ1v) is 12.3. The predicted molar refractivity (Wildman–Crippen MR) is 135 cm³/mol. The first kappa shape index (κ1) is 24.2. The molecule has 0 unspecified atom stereocenters. The van der Waals surface area contributed by atoms with Crippen molar-refractivity contribution in [3.8, 4) is 0 Å². The van der Waals surface area contributed by atoms with Gasteiger partial charge in [-0.05, 0) is 56.0 Å². The van der Waals surface area contributed by atoms with Gasteiger partial charge in [0.05, 0.1) is 21.0 Å². The summed E-state index contributed by atoms with van der Waals surface area (Å²) in [7, 11) is 0. The highest BCUT2D eigenvalue weighted by Gasteiger charge is 2.50. The van der Waals surface area contributed by atoms with Crippen LogP contribution in [-0.4, -0.2) is 49.0 Å². The smallest absolute Gasteiger partial charge is 0.306 e. The van der Waals surface area contributed by atoms with Crippen molar-refractivity contribution < 1.29 is 10.0 Å². The number of amides is 2. The molecule has 0 bridgehead atoms. The molecule has 0 saturated carbocycles. The van der Waals surface area contributed by atoms with Crippen LogP contribution in [0.25, 0.3) is 0 Å². The van der Waals surface area contributed by atoms with Gasteiger partial charge in [-0.1, -0.05) is 59.3 Å². The maximum absolute atomic E-state index is 12.7. The van der Waals surface area contributed by atoms with Gasteiger partial charge < -0.3 is 5.32 Å². The third-order valence-electron chi connectivity index (χ3n) is 4.45. The molecule has 1 saturated heterocycles. The van der Waals surface area contributed by atoms with Crippen molar-refractivity contribution >= 4 is 81.2 Å². The summed E-state index contributed by atoms with van der Waals surface area (Å²) in [6, 6.07) is 11.8. The van der Waals surface area contributed by atoms with E-state index in [0.29, 0.717) is 25.1 Å². The molecule has 164 valence electrons. The number of hydrogen-bond acceptors (Lipinski definition) is 6. The van der Waals surface area contributed by atoms with Gasteiger partial charge in [0.2, 0.25) is 0 Å². The largest absolute Gasteiger partial charge is 0.347 e. The van der Waals surface area contributed by atoms with Crippen LogP contribution in [-0.2, 0) is 0 Å². The Bertz CT molecular complexity index is 1020. The minimum Gasteiger partial charge on any atom is -0.306 e. The number of carbonyl (C=O) groups is 1. The average molecular weight is 516 g/mol. The second-order valence-electron chi connectivity index (χ2n) is 7.11. The number of nitrogens with one attached hydrogen (secondary N) is 1. The Hall–Kier alpha value is -1.49. The maximum atomic E-state index is 12.7. The lowest BCUT2D eigenvalue weighted by atomic mass is 10.1. The number of benzene rings is 2. The summed E-state index contributed by atoms with van der Waals surface area (Å²) in [5, 5.41) is 20.6. The fourth-order valence-corrected chi connectivity index (χ4v) is 5.41. The van der Waals surface area contributed by atoms with Crippen LogP contribution in [0, 0.1) is 0 Å². The summed E-state index contributed by atoms with van der Waals surface area (Å²) in [5.41, 5.74) is 1.27. The molecule has 1 atom stereocenters. The Morgan fingerprint density at radius 1 is 1.29 bits per heavy atom. The zero-order chi connectivity index (χ0) is 22.8. The van der Waals surface area contributed by atoms with Crippen molar-refractivity contribution in [2.45, 2.75) is 29.7 Å². The summed E-state index contributed by atoms with van der Waals surface area (Å²) < 4.78 is -0.158. The highest BCUT2D eigenvalue weighted by molar-refractivity contribution is 8.24. The van der Waals surface area contributed by atoms with E-state index in [2.05, 4.69) is 10.4 Å². The fraction of sp³-hybridized carbons (Fsp3) is 0.250. The summed E-state index contributed by atoms with van der Waals surface area (Å²) >= 11 is 20.4. The number of urea groups is 1. The summed E-state index contributed by atoms with van der Waals surface area (Å²) in [4.78, 5) is 13.9. The number of hydroxylamine groups is 2. The Kier molecular flexibility index (Phi) is 7.77. The third kappa shape index (κ3) is 5.66. The van der Waals surface area contributed by atoms with Crippen LogP contribution in [0.3, 0.4) is 0 Å². The third-order valence-corrected chi connectivity index (χ3v) is 7.47. The number of anilines is 1. The first-order valence-electron chi connectivity index (χ1n) is 9.07. The quantitative estimate of drug-likeness (QED) is 0.158. The normalized spacial score (nSPS) is 17.9. The van der Waals surface area contributed by atoms with Gasteiger partial charge in [0.15, 0.2) is 10.5 Å². The van der Waals surface area contributed by atoms with Gasteiger partial charge in [0.25, 0.3) is 0 Å². The molecule has 2 amide bonds. The molecule has 0 aromatic heterocycles. The van der Waals surface area contributed by atoms with Crippen molar-refractivity contribution in [2.75, 3.05) is 11.6 Å². The SMILES string of the molecule is CSc1ccc(/C=N\N2C(=S)SC(C)(C)[C@@H]2N(O)C(=O)Nc2ccc(Cl)c(Cl)c2)cc1. The molecule has 2 aromatic rings. The van der Waals surface area contributed by atoms with E-state index < -0.39 is 16.9 Å². The molecule has 2 aromatic carbocycles. The topological polar surface area (TPSA) is 68.2 Å². The second kappa shape index (κ2) is 9.97. The number of thiocarbonyl (C=S) groups is 1. The minimum absolute atomic E-state index is 0.292. The van der Waals surface area contributed by atoms with Gasteiger partial charge in [-0.25, -0.2) is 9.80 Å². The highest BCUT2D eigenvalue weighted by Crippen LogP contribution is 2.42. The van der Waals surface area contributed by atoms with E-state index in [1.807, 2.05) is 44.4 Å². The average Bonchev–Trinajstić information content (AvgIpc) is 2.96. The van der Waals surface area contributed by atoms with Crippen LogP contribution in [0.15, 0.2) is 52.5 Å². The zero-order valence-electron chi connectivity index (χ0n) is 16.9. The number of hydrogen-bond donors (Lipinski definition) is 2. The number of thioether (sulfide) groups is 2. The second-order valence-corrected chi connectivity index (χ2v) is 11.1. The van der Waals surface area contributed by atoms with E-state index in [4.69, 9.17) is 35.4 Å². The maximum Gasteiger partial charge on any atom is 0.347 e. The lowest BCUT2D eigenvalue weighted by molar-refractivity contribution is -0.114. The highest BCUT2D eigenvalue weighted by atomic mass is 35.5. The number of carbonyl (C=O) groups excluding carboxylic acids is 1. The standard InChI is InChI=1S/C20H20Cl2N4O2S3/c1-20(2)17(26(28)18(27)24-13-6-9-15(21)16(22)10-13)25(19(29)31-20)23-11-12-4-7-14(30-3)8-5-12/h4-11,17,28H,1-3H3,(H,24,27)/b23-11-/t17-/m0/s1. The van der Waals surface area contributed by atoms with Crippen molar-refractivity contribution in [2.24, 2.45) is 5.10 Å². The van der Waals surface area contributed by atoms with Gasteiger partial charge in [-0.2, -0.15) is 10.2 Å².